The number of amides is 1. The Morgan fingerprint density at radius 3 is 2.19 bits per heavy atom. The second-order valence-electron chi connectivity index (χ2n) is 6.08. The van der Waals surface area contributed by atoms with Gasteiger partial charge >= 0.3 is 6.18 Å². The second-order valence-corrected chi connectivity index (χ2v) is 6.08. The highest BCUT2D eigenvalue weighted by Crippen LogP contribution is 2.30. The van der Waals surface area contributed by atoms with E-state index >= 15 is 0 Å². The Balaban J connectivity index is 2.16. The van der Waals surface area contributed by atoms with Crippen LogP contribution in [0.3, 0.4) is 0 Å². The lowest BCUT2D eigenvalue weighted by Crippen LogP contribution is -2.21. The van der Waals surface area contributed by atoms with Crippen LogP contribution in [0, 0.1) is 0 Å². The van der Waals surface area contributed by atoms with Crippen molar-refractivity contribution in [3.8, 4) is 0 Å². The lowest BCUT2D eigenvalue weighted by Gasteiger charge is -2.16. The molecular weight excluding hydrogens is 347 g/mol. The van der Waals surface area contributed by atoms with Gasteiger partial charge in [0.1, 0.15) is 5.82 Å². The third-order valence-corrected chi connectivity index (χ3v) is 3.52. The minimum absolute atomic E-state index is 0.114. The lowest BCUT2D eigenvalue weighted by atomic mass is 10.1. The van der Waals surface area contributed by atoms with Crippen LogP contribution in [0.2, 0.25) is 0 Å². The molecule has 0 unspecified atom stereocenters. The highest BCUT2D eigenvalue weighted by molar-refractivity contribution is 5.93. The van der Waals surface area contributed by atoms with E-state index in [0.717, 1.165) is 11.6 Å². The van der Waals surface area contributed by atoms with E-state index in [1.54, 1.807) is 52.5 Å². The molecule has 2 aromatic rings. The van der Waals surface area contributed by atoms with Crippen LogP contribution in [0.1, 0.15) is 21.6 Å². The number of alkyl halides is 3. The number of nitrogens with one attached hydrogen (secondary N) is 1. The molecule has 1 aromatic carbocycles. The van der Waals surface area contributed by atoms with Gasteiger partial charge in [0.2, 0.25) is 5.95 Å². The fraction of sp³-hybridized carbons (Fsp3) is 0.353. The highest BCUT2D eigenvalue weighted by Gasteiger charge is 2.34. The molecule has 0 atom stereocenters. The van der Waals surface area contributed by atoms with E-state index in [4.69, 9.17) is 0 Å². The molecule has 26 heavy (non-hydrogen) atoms. The number of nitrogens with zero attached hydrogens (tertiary/aromatic N) is 4. The van der Waals surface area contributed by atoms with Gasteiger partial charge in [-0.1, -0.05) is 12.1 Å². The standard InChI is InChI=1S/C17H20F3N5O/c1-24(2)14-9-13(17(18,19)20)22-16(23-14)21-10-11-5-7-12(8-6-11)15(26)25(3)4/h5-9H,10H2,1-4H3,(H,21,22,23). The van der Waals surface area contributed by atoms with Crippen molar-refractivity contribution < 1.29 is 18.0 Å². The minimum Gasteiger partial charge on any atom is -0.363 e. The summed E-state index contributed by atoms with van der Waals surface area (Å²) < 4.78 is 39.0. The van der Waals surface area contributed by atoms with Gasteiger partial charge in [0, 0.05) is 46.4 Å². The van der Waals surface area contributed by atoms with Gasteiger partial charge in [0.25, 0.3) is 5.91 Å². The summed E-state index contributed by atoms with van der Waals surface area (Å²) in [6.45, 7) is 0.227. The summed E-state index contributed by atoms with van der Waals surface area (Å²) >= 11 is 0. The van der Waals surface area contributed by atoms with E-state index in [1.807, 2.05) is 0 Å². The van der Waals surface area contributed by atoms with Crippen LogP contribution in [0.4, 0.5) is 24.9 Å². The Hall–Kier alpha value is -2.84. The molecule has 140 valence electrons. The molecular formula is C17H20F3N5O. The molecule has 0 aliphatic heterocycles. The van der Waals surface area contributed by atoms with Crippen molar-refractivity contribution in [1.29, 1.82) is 0 Å². The fourth-order valence-corrected chi connectivity index (χ4v) is 2.09. The van der Waals surface area contributed by atoms with Crippen molar-refractivity contribution in [2.24, 2.45) is 0 Å². The zero-order chi connectivity index (χ0) is 19.5. The summed E-state index contributed by atoms with van der Waals surface area (Å²) in [6.07, 6.45) is -4.56. The van der Waals surface area contributed by atoms with Gasteiger partial charge < -0.3 is 15.1 Å². The Kier molecular flexibility index (Phi) is 5.69. The first-order valence-corrected chi connectivity index (χ1v) is 7.76. The average Bonchev–Trinajstić information content (AvgIpc) is 2.58. The van der Waals surface area contributed by atoms with Gasteiger partial charge in [0.15, 0.2) is 5.69 Å². The Labute approximate surface area is 149 Å². The van der Waals surface area contributed by atoms with E-state index < -0.39 is 11.9 Å². The molecule has 1 heterocycles. The van der Waals surface area contributed by atoms with Gasteiger partial charge in [-0.3, -0.25) is 4.79 Å². The quantitative estimate of drug-likeness (QED) is 0.881. The van der Waals surface area contributed by atoms with Gasteiger partial charge in [-0.2, -0.15) is 18.2 Å². The van der Waals surface area contributed by atoms with Gasteiger partial charge in [-0.05, 0) is 17.7 Å². The molecule has 0 radical (unpaired) electrons. The molecule has 0 bridgehead atoms. The molecule has 0 fully saturated rings. The number of aromatic nitrogens is 2. The number of carbonyl (C=O) groups is 1. The molecule has 9 heteroatoms. The molecule has 0 spiro atoms. The molecule has 0 aliphatic rings. The summed E-state index contributed by atoms with van der Waals surface area (Å²) in [7, 11) is 6.52. The first-order valence-electron chi connectivity index (χ1n) is 7.76. The Morgan fingerprint density at radius 2 is 1.69 bits per heavy atom. The predicted molar refractivity (Wildman–Crippen MR) is 93.1 cm³/mol. The number of rotatable bonds is 5. The van der Waals surface area contributed by atoms with Crippen LogP contribution < -0.4 is 10.2 Å². The smallest absolute Gasteiger partial charge is 0.363 e. The molecule has 0 saturated carbocycles. The average molecular weight is 367 g/mol. The second kappa shape index (κ2) is 7.59. The molecule has 2 rings (SSSR count). The lowest BCUT2D eigenvalue weighted by molar-refractivity contribution is -0.141. The van der Waals surface area contributed by atoms with E-state index in [0.29, 0.717) is 5.56 Å². The Morgan fingerprint density at radius 1 is 1.08 bits per heavy atom. The molecule has 6 nitrogen and oxygen atoms in total. The third kappa shape index (κ3) is 4.84. The van der Waals surface area contributed by atoms with Gasteiger partial charge in [-0.25, -0.2) is 4.98 Å². The van der Waals surface area contributed by atoms with Crippen molar-refractivity contribution in [3.05, 3.63) is 47.2 Å². The third-order valence-electron chi connectivity index (χ3n) is 3.52. The van der Waals surface area contributed by atoms with Gasteiger partial charge in [-0.15, -0.1) is 0 Å². The minimum atomic E-state index is -4.56. The number of carbonyl (C=O) groups excluding carboxylic acids is 1. The zero-order valence-corrected chi connectivity index (χ0v) is 14.9. The van der Waals surface area contributed by atoms with Crippen LogP contribution in [0.25, 0.3) is 0 Å². The Bertz CT molecular complexity index is 773. The van der Waals surface area contributed by atoms with Crippen LogP contribution in [0.15, 0.2) is 30.3 Å². The van der Waals surface area contributed by atoms with Crippen molar-refractivity contribution >= 4 is 17.7 Å². The summed E-state index contributed by atoms with van der Waals surface area (Å²) in [5, 5.41) is 2.80. The topological polar surface area (TPSA) is 61.4 Å². The van der Waals surface area contributed by atoms with Crippen LogP contribution in [-0.4, -0.2) is 49.0 Å². The first-order chi connectivity index (χ1) is 12.1. The SMILES string of the molecule is CN(C)C(=O)c1ccc(CNc2nc(N(C)C)cc(C(F)(F)F)n2)cc1. The van der Waals surface area contributed by atoms with Gasteiger partial charge in [0.05, 0.1) is 0 Å². The zero-order valence-electron chi connectivity index (χ0n) is 14.9. The van der Waals surface area contributed by atoms with E-state index in [-0.39, 0.29) is 24.2 Å². The summed E-state index contributed by atoms with van der Waals surface area (Å²) in [6, 6.07) is 7.68. The largest absolute Gasteiger partial charge is 0.433 e. The van der Waals surface area contributed by atoms with E-state index in [2.05, 4.69) is 15.3 Å². The number of hydrogen-bond acceptors (Lipinski definition) is 5. The van der Waals surface area contributed by atoms with Crippen LogP contribution >= 0.6 is 0 Å². The van der Waals surface area contributed by atoms with E-state index in [1.165, 1.54) is 9.80 Å². The maximum absolute atomic E-state index is 13.0. The first kappa shape index (κ1) is 19.5. The molecule has 0 saturated heterocycles. The van der Waals surface area contributed by atoms with Crippen LogP contribution in [-0.2, 0) is 12.7 Å². The number of benzene rings is 1. The van der Waals surface area contributed by atoms with E-state index in [9.17, 15) is 18.0 Å². The number of hydrogen-bond donors (Lipinski definition) is 1. The van der Waals surface area contributed by atoms with Crippen molar-refractivity contribution in [2.75, 3.05) is 38.4 Å². The monoisotopic (exact) mass is 367 g/mol. The summed E-state index contributed by atoms with van der Waals surface area (Å²) in [5.74, 6) is -0.0833. The molecule has 1 amide bonds. The number of halogens is 3. The maximum atomic E-state index is 13.0. The van der Waals surface area contributed by atoms with Crippen LogP contribution in [0.5, 0.6) is 0 Å². The maximum Gasteiger partial charge on any atom is 0.433 e. The molecule has 1 N–H and O–H groups in total. The predicted octanol–water partition coefficient (Wildman–Crippen LogP) is 2.88. The highest BCUT2D eigenvalue weighted by atomic mass is 19.4. The van der Waals surface area contributed by atoms with Crippen molar-refractivity contribution in [2.45, 2.75) is 12.7 Å². The number of anilines is 2. The van der Waals surface area contributed by atoms with Crippen molar-refractivity contribution in [3.63, 3.8) is 0 Å². The normalized spacial score (nSPS) is 11.2. The molecule has 1 aromatic heterocycles. The fourth-order valence-electron chi connectivity index (χ4n) is 2.09. The van der Waals surface area contributed by atoms with Crippen molar-refractivity contribution in [1.82, 2.24) is 14.9 Å². The molecule has 0 aliphatic carbocycles. The summed E-state index contributed by atoms with van der Waals surface area (Å²) in [5.41, 5.74) is 0.308. The summed E-state index contributed by atoms with van der Waals surface area (Å²) in [4.78, 5) is 22.4.